The SMILES string of the molecule is CCCCCC(=O)N(CCCC)CC(=O)N1CCc2sccc2C1c1ccc(F)cc1. The Morgan fingerprint density at radius 2 is 1.84 bits per heavy atom. The van der Waals surface area contributed by atoms with E-state index in [4.69, 9.17) is 0 Å². The fraction of sp³-hybridized carbons (Fsp3) is 0.520. The van der Waals surface area contributed by atoms with Crippen molar-refractivity contribution < 1.29 is 14.0 Å². The van der Waals surface area contributed by atoms with Crippen molar-refractivity contribution in [2.75, 3.05) is 19.6 Å². The molecule has 1 aromatic heterocycles. The molecule has 6 heteroatoms. The summed E-state index contributed by atoms with van der Waals surface area (Å²) in [6.45, 7) is 5.55. The van der Waals surface area contributed by atoms with E-state index in [-0.39, 0.29) is 30.2 Å². The lowest BCUT2D eigenvalue weighted by atomic mass is 9.93. The van der Waals surface area contributed by atoms with Crippen LogP contribution in [0.2, 0.25) is 0 Å². The van der Waals surface area contributed by atoms with Crippen molar-refractivity contribution in [3.05, 3.63) is 57.5 Å². The molecular formula is C25H33FN2O2S. The van der Waals surface area contributed by atoms with Gasteiger partial charge in [-0.1, -0.05) is 45.2 Å². The van der Waals surface area contributed by atoms with Crippen molar-refractivity contribution >= 4 is 23.2 Å². The van der Waals surface area contributed by atoms with Gasteiger partial charge in [0, 0.05) is 24.4 Å². The van der Waals surface area contributed by atoms with E-state index in [1.54, 1.807) is 28.4 Å². The maximum Gasteiger partial charge on any atom is 0.242 e. The standard InChI is InChI=1S/C25H33FN2O2S/c1-3-5-7-8-23(29)27(15-6-4-2)18-24(30)28-16-13-22-21(14-17-31-22)25(28)19-9-11-20(26)12-10-19/h9-12,14,17,25H,3-8,13,15-16,18H2,1-2H3. The van der Waals surface area contributed by atoms with Crippen LogP contribution in [0.5, 0.6) is 0 Å². The summed E-state index contributed by atoms with van der Waals surface area (Å²) in [5.74, 6) is -0.251. The van der Waals surface area contributed by atoms with E-state index in [0.717, 1.165) is 49.7 Å². The fourth-order valence-electron chi connectivity index (χ4n) is 4.17. The molecule has 4 nitrogen and oxygen atoms in total. The summed E-state index contributed by atoms with van der Waals surface area (Å²) in [5, 5.41) is 2.06. The third-order valence-electron chi connectivity index (χ3n) is 5.93. The number of amides is 2. The van der Waals surface area contributed by atoms with Gasteiger partial charge in [0.1, 0.15) is 5.82 Å². The molecule has 0 bridgehead atoms. The Kier molecular flexibility index (Phi) is 8.64. The van der Waals surface area contributed by atoms with Crippen LogP contribution in [0.4, 0.5) is 4.39 Å². The summed E-state index contributed by atoms with van der Waals surface area (Å²) >= 11 is 1.71. The predicted molar refractivity (Wildman–Crippen MR) is 124 cm³/mol. The van der Waals surface area contributed by atoms with E-state index >= 15 is 0 Å². The Morgan fingerprint density at radius 3 is 2.55 bits per heavy atom. The quantitative estimate of drug-likeness (QED) is 0.450. The van der Waals surface area contributed by atoms with E-state index in [9.17, 15) is 14.0 Å². The van der Waals surface area contributed by atoms with Gasteiger partial charge in [0.05, 0.1) is 12.6 Å². The van der Waals surface area contributed by atoms with Gasteiger partial charge in [-0.25, -0.2) is 4.39 Å². The highest BCUT2D eigenvalue weighted by atomic mass is 32.1. The second-order valence-corrected chi connectivity index (χ2v) is 9.22. The minimum absolute atomic E-state index is 0.0360. The molecule has 0 spiro atoms. The van der Waals surface area contributed by atoms with Crippen LogP contribution in [-0.4, -0.2) is 41.2 Å². The summed E-state index contributed by atoms with van der Waals surface area (Å²) in [7, 11) is 0. The molecule has 0 saturated carbocycles. The summed E-state index contributed by atoms with van der Waals surface area (Å²) in [6.07, 6.45) is 6.15. The Labute approximate surface area is 189 Å². The number of halogens is 1. The smallest absolute Gasteiger partial charge is 0.242 e. The van der Waals surface area contributed by atoms with Crippen molar-refractivity contribution in [1.82, 2.24) is 9.80 Å². The largest absolute Gasteiger partial charge is 0.333 e. The molecule has 1 aromatic carbocycles. The second-order valence-electron chi connectivity index (χ2n) is 8.22. The van der Waals surface area contributed by atoms with Crippen LogP contribution >= 0.6 is 11.3 Å². The lowest BCUT2D eigenvalue weighted by molar-refractivity contribution is -0.141. The minimum atomic E-state index is -0.286. The predicted octanol–water partition coefficient (Wildman–Crippen LogP) is 5.57. The van der Waals surface area contributed by atoms with Gasteiger partial charge in [0.2, 0.25) is 11.8 Å². The molecular weight excluding hydrogens is 411 g/mol. The van der Waals surface area contributed by atoms with Gasteiger partial charge in [-0.15, -0.1) is 11.3 Å². The number of fused-ring (bicyclic) bond motifs is 1. The molecule has 31 heavy (non-hydrogen) atoms. The molecule has 1 aliphatic heterocycles. The van der Waals surface area contributed by atoms with E-state index < -0.39 is 0 Å². The van der Waals surface area contributed by atoms with Crippen molar-refractivity contribution in [1.29, 1.82) is 0 Å². The summed E-state index contributed by atoms with van der Waals surface area (Å²) in [6, 6.07) is 8.26. The van der Waals surface area contributed by atoms with Gasteiger partial charge in [0.25, 0.3) is 0 Å². The molecule has 2 amide bonds. The Balaban J connectivity index is 1.79. The van der Waals surface area contributed by atoms with Crippen LogP contribution in [0, 0.1) is 5.82 Å². The van der Waals surface area contributed by atoms with Gasteiger partial charge in [-0.05, 0) is 54.0 Å². The van der Waals surface area contributed by atoms with E-state index in [2.05, 4.69) is 25.3 Å². The van der Waals surface area contributed by atoms with Crippen molar-refractivity contribution in [3.63, 3.8) is 0 Å². The number of hydrogen-bond acceptors (Lipinski definition) is 3. The zero-order valence-electron chi connectivity index (χ0n) is 18.6. The molecule has 1 unspecified atom stereocenters. The van der Waals surface area contributed by atoms with Crippen molar-refractivity contribution in [2.45, 2.75) is 64.8 Å². The first kappa shape index (κ1) is 23.5. The average Bonchev–Trinajstić information content (AvgIpc) is 3.25. The lowest BCUT2D eigenvalue weighted by Crippen LogP contribution is -2.47. The number of carbonyl (C=O) groups is 2. The Bertz CT molecular complexity index is 865. The zero-order valence-corrected chi connectivity index (χ0v) is 19.4. The van der Waals surface area contributed by atoms with Crippen molar-refractivity contribution in [3.8, 4) is 0 Å². The molecule has 1 atom stereocenters. The van der Waals surface area contributed by atoms with Gasteiger partial charge in [-0.3, -0.25) is 9.59 Å². The number of hydrogen-bond donors (Lipinski definition) is 0. The van der Waals surface area contributed by atoms with Crippen molar-refractivity contribution in [2.24, 2.45) is 0 Å². The first-order valence-electron chi connectivity index (χ1n) is 11.4. The maximum atomic E-state index is 13.5. The molecule has 3 rings (SSSR count). The molecule has 2 aromatic rings. The minimum Gasteiger partial charge on any atom is -0.333 e. The normalized spacial score (nSPS) is 15.6. The summed E-state index contributed by atoms with van der Waals surface area (Å²) in [4.78, 5) is 31.1. The molecule has 168 valence electrons. The lowest BCUT2D eigenvalue weighted by Gasteiger charge is -2.37. The van der Waals surface area contributed by atoms with Gasteiger partial charge in [-0.2, -0.15) is 0 Å². The van der Waals surface area contributed by atoms with Crippen LogP contribution < -0.4 is 0 Å². The van der Waals surface area contributed by atoms with Gasteiger partial charge < -0.3 is 9.80 Å². The summed E-state index contributed by atoms with van der Waals surface area (Å²) in [5.41, 5.74) is 2.02. The molecule has 0 aliphatic carbocycles. The molecule has 0 N–H and O–H groups in total. The summed E-state index contributed by atoms with van der Waals surface area (Å²) < 4.78 is 13.5. The molecule has 0 fully saturated rings. The van der Waals surface area contributed by atoms with Crippen LogP contribution in [0.25, 0.3) is 0 Å². The highest BCUT2D eigenvalue weighted by Crippen LogP contribution is 2.37. The van der Waals surface area contributed by atoms with Crippen LogP contribution in [-0.2, 0) is 16.0 Å². The van der Waals surface area contributed by atoms with Crippen LogP contribution in [0.3, 0.4) is 0 Å². The first-order valence-corrected chi connectivity index (χ1v) is 12.3. The molecule has 0 radical (unpaired) electrons. The number of nitrogens with zero attached hydrogens (tertiary/aromatic N) is 2. The third-order valence-corrected chi connectivity index (χ3v) is 6.92. The Hall–Kier alpha value is -2.21. The van der Waals surface area contributed by atoms with Gasteiger partial charge in [0.15, 0.2) is 0 Å². The fourth-order valence-corrected chi connectivity index (χ4v) is 5.07. The zero-order chi connectivity index (χ0) is 22.2. The number of unbranched alkanes of at least 4 members (excludes halogenated alkanes) is 3. The second kappa shape index (κ2) is 11.4. The maximum absolute atomic E-state index is 13.5. The Morgan fingerprint density at radius 1 is 1.10 bits per heavy atom. The van der Waals surface area contributed by atoms with Crippen LogP contribution in [0.1, 0.15) is 74.4 Å². The first-order chi connectivity index (χ1) is 15.0. The van der Waals surface area contributed by atoms with E-state index in [0.29, 0.717) is 19.5 Å². The molecule has 1 aliphatic rings. The average molecular weight is 445 g/mol. The van der Waals surface area contributed by atoms with Gasteiger partial charge >= 0.3 is 0 Å². The van der Waals surface area contributed by atoms with E-state index in [1.807, 2.05) is 4.90 Å². The third kappa shape index (κ3) is 5.94. The number of thiophene rings is 1. The number of rotatable bonds is 10. The topological polar surface area (TPSA) is 40.6 Å². The monoisotopic (exact) mass is 444 g/mol. The molecule has 2 heterocycles. The van der Waals surface area contributed by atoms with E-state index in [1.165, 1.54) is 17.0 Å². The highest BCUT2D eigenvalue weighted by Gasteiger charge is 2.33. The molecule has 0 saturated heterocycles. The number of carbonyl (C=O) groups excluding carboxylic acids is 2. The number of benzene rings is 1. The van der Waals surface area contributed by atoms with Crippen LogP contribution in [0.15, 0.2) is 35.7 Å². The highest BCUT2D eigenvalue weighted by molar-refractivity contribution is 7.10.